The summed E-state index contributed by atoms with van der Waals surface area (Å²) in [6.07, 6.45) is 2.39. The van der Waals surface area contributed by atoms with Crippen LogP contribution in [-0.2, 0) is 9.53 Å². The molecular formula is C27H46O9. The number of fused-ring (bicyclic) bond motifs is 5. The van der Waals surface area contributed by atoms with E-state index in [2.05, 4.69) is 18.6 Å². The number of aliphatic hydroxyl groups excluding tert-OH is 6. The lowest BCUT2D eigenvalue weighted by molar-refractivity contribution is -0.279. The van der Waals surface area contributed by atoms with E-state index < -0.39 is 36.7 Å². The first-order chi connectivity index (χ1) is 16.8. The van der Waals surface area contributed by atoms with Crippen molar-refractivity contribution in [2.24, 2.45) is 40.4 Å². The minimum atomic E-state index is -1.81. The summed E-state index contributed by atoms with van der Waals surface area (Å²) in [4.78, 5) is 10.4. The minimum Gasteiger partial charge on any atom is -0.479 e. The third kappa shape index (κ3) is 4.74. The molecule has 5 rings (SSSR count). The van der Waals surface area contributed by atoms with Crippen LogP contribution in [0.5, 0.6) is 0 Å². The molecule has 1 saturated heterocycles. The Morgan fingerprint density at radius 1 is 0.833 bits per heavy atom. The molecule has 0 radical (unpaired) electrons. The van der Waals surface area contributed by atoms with E-state index in [4.69, 9.17) is 25.5 Å². The number of hydrogen-bond acceptors (Lipinski definition) is 8. The fraction of sp³-hybridized carbons (Fsp3) is 0.963. The van der Waals surface area contributed by atoms with E-state index in [0.29, 0.717) is 16.7 Å². The Kier molecular flexibility index (Phi) is 8.14. The first kappa shape index (κ1) is 28.2. The highest BCUT2D eigenvalue weighted by Gasteiger charge is 2.60. The Balaban J connectivity index is 0.000000200. The van der Waals surface area contributed by atoms with Crippen molar-refractivity contribution in [2.75, 3.05) is 0 Å². The van der Waals surface area contributed by atoms with Gasteiger partial charge in [0.2, 0.25) is 0 Å². The monoisotopic (exact) mass is 514 g/mol. The molecule has 208 valence electrons. The number of aliphatic hydroxyl groups is 6. The van der Waals surface area contributed by atoms with Gasteiger partial charge in [0.25, 0.3) is 0 Å². The summed E-state index contributed by atoms with van der Waals surface area (Å²) < 4.78 is 4.34. The third-order valence-electron chi connectivity index (χ3n) is 11.1. The zero-order valence-corrected chi connectivity index (χ0v) is 21.7. The van der Waals surface area contributed by atoms with Gasteiger partial charge in [-0.25, -0.2) is 4.79 Å². The molecule has 0 unspecified atom stereocenters. The first-order valence-electron chi connectivity index (χ1n) is 13.8. The Labute approximate surface area is 213 Å². The maximum absolute atomic E-state index is 10.4. The molecule has 0 spiro atoms. The Bertz CT molecular complexity index is 791. The van der Waals surface area contributed by atoms with E-state index in [1.54, 1.807) is 0 Å². The van der Waals surface area contributed by atoms with E-state index in [-0.39, 0.29) is 12.2 Å². The van der Waals surface area contributed by atoms with E-state index in [9.17, 15) is 15.0 Å². The first-order valence-corrected chi connectivity index (χ1v) is 13.8. The van der Waals surface area contributed by atoms with Gasteiger partial charge in [-0.2, -0.15) is 0 Å². The summed E-state index contributed by atoms with van der Waals surface area (Å²) in [7, 11) is 0. The molecule has 36 heavy (non-hydrogen) atoms. The SMILES string of the molecule is C[C@H](O)[C@H]1CC[C@H]2[C@@H]3CC[C@@H]4C[C@H](O)CC[C@]4(C)[C@H]3CC[C@]12C.O=C(O)[C@H]1O[C@@H](O)[C@H](O)[C@@H](O)[C@@H]1O. The molecule has 0 bridgehead atoms. The number of aliphatic carboxylic acids is 1. The largest absolute Gasteiger partial charge is 0.479 e. The average Bonchev–Trinajstić information content (AvgIpc) is 3.18. The quantitative estimate of drug-likeness (QED) is 0.287. The molecule has 0 aromatic carbocycles. The fourth-order valence-corrected chi connectivity index (χ4v) is 9.13. The van der Waals surface area contributed by atoms with Gasteiger partial charge in [-0.3, -0.25) is 0 Å². The molecule has 9 nitrogen and oxygen atoms in total. The standard InChI is InChI=1S/C21H36O2.C6H10O7/c1-13(22)17-6-7-18-16-5-4-14-12-15(23)8-10-20(14,2)19(16)9-11-21(17,18)3;7-1-2(8)4(5(10)11)13-6(12)3(1)9/h13-19,22-23H,4-12H2,1-3H3;1-4,6-9,12H,(H,10,11)/t13-,14+,15+,16-,17+,18-,19-,20-,21+;1-,2-,3+,4-,6+/m00/s1. The van der Waals surface area contributed by atoms with Crippen LogP contribution in [-0.4, -0.2) is 84.6 Å². The highest BCUT2D eigenvalue weighted by atomic mass is 16.6. The molecule has 0 aromatic heterocycles. The molecule has 9 heteroatoms. The van der Waals surface area contributed by atoms with Gasteiger partial charge >= 0.3 is 5.97 Å². The van der Waals surface area contributed by atoms with Crippen LogP contribution in [0.25, 0.3) is 0 Å². The summed E-state index contributed by atoms with van der Waals surface area (Å²) in [5.74, 6) is 2.36. The van der Waals surface area contributed by atoms with Gasteiger partial charge in [-0.05, 0) is 105 Å². The van der Waals surface area contributed by atoms with Crippen LogP contribution in [0.15, 0.2) is 0 Å². The average molecular weight is 515 g/mol. The molecule has 5 fully saturated rings. The molecule has 1 aliphatic heterocycles. The topological polar surface area (TPSA) is 168 Å². The molecule has 0 aromatic rings. The molecule has 14 atom stereocenters. The predicted molar refractivity (Wildman–Crippen MR) is 129 cm³/mol. The van der Waals surface area contributed by atoms with Crippen LogP contribution < -0.4 is 0 Å². The van der Waals surface area contributed by atoms with E-state index in [1.807, 2.05) is 6.92 Å². The van der Waals surface area contributed by atoms with Crippen molar-refractivity contribution in [3.05, 3.63) is 0 Å². The highest BCUT2D eigenvalue weighted by molar-refractivity contribution is 5.73. The summed E-state index contributed by atoms with van der Waals surface area (Å²) in [5, 5.41) is 64.8. The Morgan fingerprint density at radius 3 is 2.11 bits per heavy atom. The maximum Gasteiger partial charge on any atom is 0.335 e. The molecular weight excluding hydrogens is 468 g/mol. The van der Waals surface area contributed by atoms with Crippen LogP contribution in [0.4, 0.5) is 0 Å². The number of ether oxygens (including phenoxy) is 1. The van der Waals surface area contributed by atoms with Crippen molar-refractivity contribution in [2.45, 2.75) is 121 Å². The van der Waals surface area contributed by atoms with Gasteiger partial charge in [0.15, 0.2) is 12.4 Å². The van der Waals surface area contributed by atoms with Crippen LogP contribution in [0.3, 0.4) is 0 Å². The predicted octanol–water partition coefficient (Wildman–Crippen LogP) is 1.26. The summed E-state index contributed by atoms with van der Waals surface area (Å²) in [5.41, 5.74) is 0.860. The summed E-state index contributed by atoms with van der Waals surface area (Å²) in [6, 6.07) is 0. The van der Waals surface area contributed by atoms with Crippen molar-refractivity contribution in [1.29, 1.82) is 0 Å². The molecule has 0 amide bonds. The van der Waals surface area contributed by atoms with Crippen molar-refractivity contribution in [1.82, 2.24) is 0 Å². The summed E-state index contributed by atoms with van der Waals surface area (Å²) in [6.45, 7) is 7.08. The number of carbonyl (C=O) groups is 1. The normalized spacial score (nSPS) is 53.2. The lowest BCUT2D eigenvalue weighted by Crippen LogP contribution is -2.59. The van der Waals surface area contributed by atoms with Gasteiger partial charge in [0, 0.05) is 0 Å². The lowest BCUT2D eigenvalue weighted by Gasteiger charge is -2.61. The zero-order valence-electron chi connectivity index (χ0n) is 21.7. The maximum atomic E-state index is 10.4. The van der Waals surface area contributed by atoms with Gasteiger partial charge in [-0.15, -0.1) is 0 Å². The van der Waals surface area contributed by atoms with E-state index >= 15 is 0 Å². The second kappa shape index (κ2) is 10.4. The second-order valence-corrected chi connectivity index (χ2v) is 12.8. The van der Waals surface area contributed by atoms with Crippen molar-refractivity contribution < 1.29 is 45.3 Å². The minimum absolute atomic E-state index is 0.0374. The molecule has 5 aliphatic rings. The Morgan fingerprint density at radius 2 is 1.47 bits per heavy atom. The van der Waals surface area contributed by atoms with Crippen LogP contribution >= 0.6 is 0 Å². The second-order valence-electron chi connectivity index (χ2n) is 12.8. The smallest absolute Gasteiger partial charge is 0.335 e. The van der Waals surface area contributed by atoms with Crippen LogP contribution in [0, 0.1) is 40.4 Å². The Hall–Kier alpha value is -0.810. The number of hydrogen-bond donors (Lipinski definition) is 7. The number of rotatable bonds is 2. The van der Waals surface area contributed by atoms with E-state index in [1.165, 1.54) is 44.9 Å². The number of carboxylic acids is 1. The van der Waals surface area contributed by atoms with Gasteiger partial charge in [-0.1, -0.05) is 13.8 Å². The highest BCUT2D eigenvalue weighted by Crippen LogP contribution is 2.67. The zero-order chi connectivity index (χ0) is 26.6. The lowest BCUT2D eigenvalue weighted by atomic mass is 9.44. The number of carboxylic acid groups (broad SMARTS) is 1. The van der Waals surface area contributed by atoms with Crippen LogP contribution in [0.2, 0.25) is 0 Å². The molecule has 7 N–H and O–H groups in total. The van der Waals surface area contributed by atoms with Gasteiger partial charge in [0.05, 0.1) is 12.2 Å². The van der Waals surface area contributed by atoms with Gasteiger partial charge in [0.1, 0.15) is 18.3 Å². The molecule has 4 saturated carbocycles. The fourth-order valence-electron chi connectivity index (χ4n) is 9.13. The van der Waals surface area contributed by atoms with Crippen molar-refractivity contribution in [3.63, 3.8) is 0 Å². The van der Waals surface area contributed by atoms with E-state index in [0.717, 1.165) is 36.5 Å². The molecule has 1 heterocycles. The van der Waals surface area contributed by atoms with Crippen molar-refractivity contribution in [3.8, 4) is 0 Å². The summed E-state index contributed by atoms with van der Waals surface area (Å²) >= 11 is 0. The third-order valence-corrected chi connectivity index (χ3v) is 11.1. The van der Waals surface area contributed by atoms with Crippen molar-refractivity contribution >= 4 is 5.97 Å². The van der Waals surface area contributed by atoms with Crippen LogP contribution in [0.1, 0.15) is 78.6 Å². The molecule has 4 aliphatic carbocycles. The van der Waals surface area contributed by atoms with Gasteiger partial charge < -0.3 is 40.5 Å².